The maximum Gasteiger partial charge on any atom is 0.140 e. The second-order valence-corrected chi connectivity index (χ2v) is 5.16. The summed E-state index contributed by atoms with van der Waals surface area (Å²) >= 11 is 0. The summed E-state index contributed by atoms with van der Waals surface area (Å²) in [5, 5.41) is 13.6. The summed E-state index contributed by atoms with van der Waals surface area (Å²) < 4.78 is 15.3. The van der Waals surface area contributed by atoms with E-state index in [0.29, 0.717) is 35.1 Å². The molecule has 0 bridgehead atoms. The summed E-state index contributed by atoms with van der Waals surface area (Å²) in [4.78, 5) is 0. The number of nitrogen functional groups attached to an aromatic ring is 1. The first-order valence-electron chi connectivity index (χ1n) is 6.51. The van der Waals surface area contributed by atoms with Crippen LogP contribution in [-0.2, 0) is 13.0 Å². The van der Waals surface area contributed by atoms with Crippen LogP contribution in [0.3, 0.4) is 0 Å². The third-order valence-electron chi connectivity index (χ3n) is 3.03. The highest BCUT2D eigenvalue weighted by atomic mass is 19.1. The third kappa shape index (κ3) is 2.80. The molecule has 0 aliphatic rings. The van der Waals surface area contributed by atoms with E-state index in [2.05, 4.69) is 11.2 Å². The minimum absolute atomic E-state index is 0.269. The van der Waals surface area contributed by atoms with Gasteiger partial charge in [-0.2, -0.15) is 10.4 Å². The zero-order chi connectivity index (χ0) is 14.7. The Morgan fingerprint density at radius 1 is 1.40 bits per heavy atom. The van der Waals surface area contributed by atoms with Crippen molar-refractivity contribution in [1.29, 1.82) is 5.26 Å². The lowest BCUT2D eigenvalue weighted by Crippen LogP contribution is -2.09. The number of hydrogen-bond donors (Lipinski definition) is 1. The van der Waals surface area contributed by atoms with Crippen molar-refractivity contribution in [2.75, 3.05) is 5.73 Å². The summed E-state index contributed by atoms with van der Waals surface area (Å²) in [5.41, 5.74) is 7.32. The maximum atomic E-state index is 13.7. The highest BCUT2D eigenvalue weighted by Gasteiger charge is 2.17. The molecule has 0 aliphatic carbocycles. The van der Waals surface area contributed by atoms with Crippen molar-refractivity contribution < 1.29 is 4.39 Å². The van der Waals surface area contributed by atoms with Gasteiger partial charge in [-0.3, -0.25) is 0 Å². The van der Waals surface area contributed by atoms with E-state index >= 15 is 0 Å². The summed E-state index contributed by atoms with van der Waals surface area (Å²) in [7, 11) is 0. The molecule has 0 saturated heterocycles. The molecule has 2 rings (SSSR count). The number of rotatable bonds is 4. The molecular weight excluding hydrogens is 255 g/mol. The number of benzene rings is 1. The van der Waals surface area contributed by atoms with Crippen molar-refractivity contribution in [2.24, 2.45) is 5.92 Å². The van der Waals surface area contributed by atoms with E-state index < -0.39 is 0 Å². The van der Waals surface area contributed by atoms with Crippen LogP contribution in [0.1, 0.15) is 30.7 Å². The van der Waals surface area contributed by atoms with E-state index in [1.807, 2.05) is 13.8 Å². The number of aromatic nitrogens is 2. The van der Waals surface area contributed by atoms with Gasteiger partial charge in [0.1, 0.15) is 23.3 Å². The molecule has 0 atom stereocenters. The summed E-state index contributed by atoms with van der Waals surface area (Å²) in [6.45, 7) is 4.73. The van der Waals surface area contributed by atoms with E-state index in [1.54, 1.807) is 22.9 Å². The van der Waals surface area contributed by atoms with Gasteiger partial charge in [-0.25, -0.2) is 9.07 Å². The summed E-state index contributed by atoms with van der Waals surface area (Å²) in [5.74, 6) is 0.422. The van der Waals surface area contributed by atoms with E-state index in [1.165, 1.54) is 6.07 Å². The maximum absolute atomic E-state index is 13.7. The van der Waals surface area contributed by atoms with Crippen LogP contribution in [0.25, 0.3) is 0 Å². The fourth-order valence-electron chi connectivity index (χ4n) is 2.08. The van der Waals surface area contributed by atoms with Gasteiger partial charge in [-0.15, -0.1) is 0 Å². The van der Waals surface area contributed by atoms with E-state index in [-0.39, 0.29) is 12.2 Å². The van der Waals surface area contributed by atoms with Gasteiger partial charge in [0, 0.05) is 13.0 Å². The van der Waals surface area contributed by atoms with Gasteiger partial charge < -0.3 is 5.73 Å². The van der Waals surface area contributed by atoms with Gasteiger partial charge in [0.2, 0.25) is 0 Å². The quantitative estimate of drug-likeness (QED) is 0.930. The van der Waals surface area contributed by atoms with Crippen LogP contribution in [0.4, 0.5) is 10.2 Å². The van der Waals surface area contributed by atoms with Gasteiger partial charge >= 0.3 is 0 Å². The van der Waals surface area contributed by atoms with Crippen LogP contribution in [-0.4, -0.2) is 9.78 Å². The first-order valence-corrected chi connectivity index (χ1v) is 6.51. The molecule has 5 heteroatoms. The monoisotopic (exact) mass is 272 g/mol. The molecule has 0 spiro atoms. The Kier molecular flexibility index (Phi) is 4.04. The van der Waals surface area contributed by atoms with Crippen LogP contribution in [0, 0.1) is 23.1 Å². The van der Waals surface area contributed by atoms with Crippen LogP contribution in [0.15, 0.2) is 24.3 Å². The molecule has 20 heavy (non-hydrogen) atoms. The van der Waals surface area contributed by atoms with Crippen LogP contribution in [0.5, 0.6) is 0 Å². The molecule has 1 aromatic carbocycles. The molecule has 104 valence electrons. The Balaban J connectivity index is 2.37. The number of anilines is 1. The highest BCUT2D eigenvalue weighted by molar-refractivity contribution is 5.53. The lowest BCUT2D eigenvalue weighted by Gasteiger charge is -2.06. The molecule has 0 fully saturated rings. The summed E-state index contributed by atoms with van der Waals surface area (Å²) in [6, 6.07) is 8.55. The Hall–Kier alpha value is -2.35. The second-order valence-electron chi connectivity index (χ2n) is 5.16. The van der Waals surface area contributed by atoms with E-state index in [0.717, 1.165) is 0 Å². The fraction of sp³-hybridized carbons (Fsp3) is 0.333. The molecule has 4 nitrogen and oxygen atoms in total. The van der Waals surface area contributed by atoms with Crippen LogP contribution < -0.4 is 5.73 Å². The van der Waals surface area contributed by atoms with Crippen molar-refractivity contribution in [3.63, 3.8) is 0 Å². The highest BCUT2D eigenvalue weighted by Crippen LogP contribution is 2.21. The Labute approximate surface area is 117 Å². The first-order chi connectivity index (χ1) is 9.52. The SMILES string of the molecule is CC(C)Cn1nc(Cc2ccccc2F)c(C#N)c1N. The van der Waals surface area contributed by atoms with E-state index in [4.69, 9.17) is 5.73 Å². The Morgan fingerprint density at radius 3 is 2.70 bits per heavy atom. The number of hydrogen-bond acceptors (Lipinski definition) is 3. The number of nitriles is 1. The van der Waals surface area contributed by atoms with Crippen molar-refractivity contribution in [3.8, 4) is 6.07 Å². The lowest BCUT2D eigenvalue weighted by molar-refractivity contribution is 0.485. The topological polar surface area (TPSA) is 67.6 Å². The molecule has 2 aromatic rings. The minimum atomic E-state index is -0.298. The largest absolute Gasteiger partial charge is 0.383 e. The van der Waals surface area contributed by atoms with Crippen molar-refractivity contribution in [2.45, 2.75) is 26.8 Å². The zero-order valence-electron chi connectivity index (χ0n) is 11.6. The molecule has 1 heterocycles. The van der Waals surface area contributed by atoms with Gasteiger partial charge in [0.15, 0.2) is 0 Å². The molecule has 0 aliphatic heterocycles. The second kappa shape index (κ2) is 5.74. The average Bonchev–Trinajstić information content (AvgIpc) is 2.67. The smallest absolute Gasteiger partial charge is 0.140 e. The van der Waals surface area contributed by atoms with E-state index in [9.17, 15) is 9.65 Å². The number of nitrogens with two attached hydrogens (primary N) is 1. The Bertz CT molecular complexity index is 652. The Morgan fingerprint density at radius 2 is 2.10 bits per heavy atom. The standard InChI is InChI=1S/C15H17FN4/c1-10(2)9-20-15(18)12(8-17)14(19-20)7-11-5-3-4-6-13(11)16/h3-6,10H,7,9,18H2,1-2H3. The van der Waals surface area contributed by atoms with Crippen LogP contribution in [0.2, 0.25) is 0 Å². The predicted molar refractivity (Wildman–Crippen MR) is 75.4 cm³/mol. The first kappa shape index (κ1) is 14.1. The van der Waals surface area contributed by atoms with Gasteiger partial charge in [-0.05, 0) is 17.5 Å². The normalized spacial score (nSPS) is 10.8. The minimum Gasteiger partial charge on any atom is -0.383 e. The molecule has 0 amide bonds. The van der Waals surface area contributed by atoms with Crippen molar-refractivity contribution in [1.82, 2.24) is 9.78 Å². The molecule has 0 radical (unpaired) electrons. The molecule has 0 unspecified atom stereocenters. The summed E-state index contributed by atoms with van der Waals surface area (Å²) in [6.07, 6.45) is 0.269. The number of halogens is 1. The number of nitrogens with zero attached hydrogens (tertiary/aromatic N) is 3. The van der Waals surface area contributed by atoms with Gasteiger partial charge in [0.25, 0.3) is 0 Å². The molecule has 0 saturated carbocycles. The predicted octanol–water partition coefficient (Wildman–Crippen LogP) is 2.72. The van der Waals surface area contributed by atoms with Gasteiger partial charge in [-0.1, -0.05) is 32.0 Å². The lowest BCUT2D eigenvalue weighted by atomic mass is 10.1. The average molecular weight is 272 g/mol. The van der Waals surface area contributed by atoms with Crippen LogP contribution >= 0.6 is 0 Å². The van der Waals surface area contributed by atoms with Gasteiger partial charge in [0.05, 0.1) is 5.69 Å². The third-order valence-corrected chi connectivity index (χ3v) is 3.03. The fourth-order valence-corrected chi connectivity index (χ4v) is 2.08. The van der Waals surface area contributed by atoms with Crippen molar-refractivity contribution in [3.05, 3.63) is 46.9 Å². The molecule has 2 N–H and O–H groups in total. The zero-order valence-corrected chi connectivity index (χ0v) is 11.6. The molecular formula is C15H17FN4. The van der Waals surface area contributed by atoms with Crippen molar-refractivity contribution >= 4 is 5.82 Å². The molecule has 1 aromatic heterocycles.